The van der Waals surface area contributed by atoms with Crippen molar-refractivity contribution in [1.29, 1.82) is 0 Å². The number of hydrogen-bond acceptors (Lipinski definition) is 4. The van der Waals surface area contributed by atoms with Gasteiger partial charge in [-0.25, -0.2) is 19.4 Å². The van der Waals surface area contributed by atoms with E-state index < -0.39 is 11.9 Å². The molecule has 0 atom stereocenters. The maximum absolute atomic E-state index is 11.7. The molecule has 202 valence electrons. The monoisotopic (exact) mass is 482 g/mol. The molecule has 0 rings (SSSR count). The molecule has 0 aromatic carbocycles. The lowest BCUT2D eigenvalue weighted by Gasteiger charge is -2.05. The first-order valence-electron chi connectivity index (χ1n) is 15.1. The molecule has 0 fully saturated rings. The average molecular weight is 483 g/mol. The highest BCUT2D eigenvalue weighted by atomic mass is 17.2. The van der Waals surface area contributed by atoms with E-state index in [1.807, 2.05) is 0 Å². The summed E-state index contributed by atoms with van der Waals surface area (Å²) in [5.41, 5.74) is 0. The lowest BCUT2D eigenvalue weighted by molar-refractivity contribution is -0.259. The van der Waals surface area contributed by atoms with Crippen molar-refractivity contribution in [3.63, 3.8) is 0 Å². The predicted octanol–water partition coefficient (Wildman–Crippen LogP) is 10.2. The van der Waals surface area contributed by atoms with E-state index in [-0.39, 0.29) is 0 Å². The Kier molecular flexibility index (Phi) is 27.3. The van der Waals surface area contributed by atoms with Crippen molar-refractivity contribution in [2.45, 2.75) is 181 Å². The maximum atomic E-state index is 11.7. The average Bonchev–Trinajstić information content (AvgIpc) is 2.84. The molecule has 0 aliphatic heterocycles. The third-order valence-electron chi connectivity index (χ3n) is 6.70. The molecule has 0 aliphatic rings. The molecular formula is C30H58O4. The lowest BCUT2D eigenvalue weighted by atomic mass is 10.0. The minimum Gasteiger partial charge on any atom is -0.247 e. The summed E-state index contributed by atoms with van der Waals surface area (Å²) in [5, 5.41) is 0. The molecule has 0 radical (unpaired) electrons. The summed E-state index contributed by atoms with van der Waals surface area (Å²) in [6.07, 6.45) is 31.0. The van der Waals surface area contributed by atoms with E-state index in [1.165, 1.54) is 128 Å². The Balaban J connectivity index is 3.27. The van der Waals surface area contributed by atoms with Crippen molar-refractivity contribution in [1.82, 2.24) is 0 Å². The van der Waals surface area contributed by atoms with Crippen LogP contribution in [-0.4, -0.2) is 11.9 Å². The molecule has 0 bridgehead atoms. The third kappa shape index (κ3) is 27.2. The summed E-state index contributed by atoms with van der Waals surface area (Å²) in [7, 11) is 0. The zero-order valence-corrected chi connectivity index (χ0v) is 23.0. The van der Waals surface area contributed by atoms with Gasteiger partial charge in [0, 0.05) is 0 Å². The van der Waals surface area contributed by atoms with E-state index >= 15 is 0 Å². The van der Waals surface area contributed by atoms with E-state index in [0.717, 1.165) is 25.7 Å². The molecule has 0 aromatic rings. The Bertz CT molecular complexity index is 436. The summed E-state index contributed by atoms with van der Waals surface area (Å²) in [4.78, 5) is 32.7. The van der Waals surface area contributed by atoms with Crippen LogP contribution in [0.2, 0.25) is 0 Å². The van der Waals surface area contributed by atoms with Gasteiger partial charge in [-0.15, -0.1) is 0 Å². The van der Waals surface area contributed by atoms with Crippen LogP contribution in [0.1, 0.15) is 181 Å². The van der Waals surface area contributed by atoms with Gasteiger partial charge < -0.3 is 0 Å². The standard InChI is InChI=1S/C30H58O4/c1-3-5-7-9-11-13-14-15-16-17-18-20-22-24-26-28-30(32)34-33-29(31)27-25-23-21-19-12-10-8-6-4-2/h3-28H2,1-2H3. The second-order valence-corrected chi connectivity index (χ2v) is 10.2. The fraction of sp³-hybridized carbons (Fsp3) is 0.933. The molecule has 4 heteroatoms. The van der Waals surface area contributed by atoms with Crippen LogP contribution in [-0.2, 0) is 19.4 Å². The number of carbonyl (C=O) groups excluding carboxylic acids is 2. The molecule has 34 heavy (non-hydrogen) atoms. The number of unbranched alkanes of at least 4 members (excludes halogenated alkanes) is 22. The van der Waals surface area contributed by atoms with Crippen LogP contribution in [0, 0.1) is 0 Å². The fourth-order valence-electron chi connectivity index (χ4n) is 4.40. The van der Waals surface area contributed by atoms with Crippen molar-refractivity contribution < 1.29 is 19.4 Å². The van der Waals surface area contributed by atoms with Crippen LogP contribution in [0.5, 0.6) is 0 Å². The third-order valence-corrected chi connectivity index (χ3v) is 6.70. The van der Waals surface area contributed by atoms with E-state index in [0.29, 0.717) is 12.8 Å². The van der Waals surface area contributed by atoms with Gasteiger partial charge in [0.15, 0.2) is 0 Å². The normalized spacial score (nSPS) is 11.0. The highest BCUT2D eigenvalue weighted by Gasteiger charge is 2.09. The largest absolute Gasteiger partial charge is 0.355 e. The molecule has 0 saturated carbocycles. The predicted molar refractivity (Wildman–Crippen MR) is 144 cm³/mol. The lowest BCUT2D eigenvalue weighted by Crippen LogP contribution is -2.11. The van der Waals surface area contributed by atoms with Gasteiger partial charge in [-0.2, -0.15) is 0 Å². The highest BCUT2D eigenvalue weighted by molar-refractivity contribution is 5.72. The first-order chi connectivity index (χ1) is 16.7. The molecule has 0 aromatic heterocycles. The SMILES string of the molecule is CCCCCCCCCCCCCCCCCC(=O)OOC(=O)CCCCCCCCCCC. The first kappa shape index (κ1) is 32.9. The summed E-state index contributed by atoms with van der Waals surface area (Å²) in [6.45, 7) is 4.50. The van der Waals surface area contributed by atoms with Crippen molar-refractivity contribution in [3.05, 3.63) is 0 Å². The van der Waals surface area contributed by atoms with Gasteiger partial charge in [-0.05, 0) is 12.8 Å². The molecule has 0 aliphatic carbocycles. The molecule has 0 saturated heterocycles. The van der Waals surface area contributed by atoms with E-state index in [1.54, 1.807) is 0 Å². The van der Waals surface area contributed by atoms with E-state index in [4.69, 9.17) is 0 Å². The summed E-state index contributed by atoms with van der Waals surface area (Å²) >= 11 is 0. The van der Waals surface area contributed by atoms with Crippen molar-refractivity contribution in [3.8, 4) is 0 Å². The molecule has 0 unspecified atom stereocenters. The Hall–Kier alpha value is -1.06. The van der Waals surface area contributed by atoms with Crippen molar-refractivity contribution >= 4 is 11.9 Å². The zero-order chi connectivity index (χ0) is 25.0. The Morgan fingerprint density at radius 3 is 0.794 bits per heavy atom. The maximum Gasteiger partial charge on any atom is 0.355 e. The van der Waals surface area contributed by atoms with Crippen molar-refractivity contribution in [2.24, 2.45) is 0 Å². The van der Waals surface area contributed by atoms with Crippen LogP contribution < -0.4 is 0 Å². The van der Waals surface area contributed by atoms with Gasteiger partial charge in [0.2, 0.25) is 0 Å². The summed E-state index contributed by atoms with van der Waals surface area (Å²) in [6, 6.07) is 0. The van der Waals surface area contributed by atoms with Crippen LogP contribution in [0.3, 0.4) is 0 Å². The molecule has 0 N–H and O–H groups in total. The minimum absolute atomic E-state index is 0.335. The van der Waals surface area contributed by atoms with Crippen LogP contribution in [0.4, 0.5) is 0 Å². The number of hydrogen-bond donors (Lipinski definition) is 0. The molecule has 0 spiro atoms. The second kappa shape index (κ2) is 28.2. The Morgan fingerprint density at radius 1 is 0.353 bits per heavy atom. The van der Waals surface area contributed by atoms with Gasteiger partial charge in [0.25, 0.3) is 0 Å². The summed E-state index contributed by atoms with van der Waals surface area (Å²) in [5.74, 6) is -0.845. The Morgan fingerprint density at radius 2 is 0.559 bits per heavy atom. The van der Waals surface area contributed by atoms with Crippen molar-refractivity contribution in [2.75, 3.05) is 0 Å². The van der Waals surface area contributed by atoms with Crippen LogP contribution >= 0.6 is 0 Å². The van der Waals surface area contributed by atoms with Gasteiger partial charge in [-0.1, -0.05) is 155 Å². The Labute approximate surface area is 212 Å². The quantitative estimate of drug-likeness (QED) is 0.0699. The minimum atomic E-state index is -0.423. The van der Waals surface area contributed by atoms with E-state index in [2.05, 4.69) is 23.6 Å². The fourth-order valence-corrected chi connectivity index (χ4v) is 4.40. The topological polar surface area (TPSA) is 52.6 Å². The number of rotatable bonds is 26. The zero-order valence-electron chi connectivity index (χ0n) is 23.0. The first-order valence-corrected chi connectivity index (χ1v) is 15.1. The second-order valence-electron chi connectivity index (χ2n) is 10.2. The number of carbonyl (C=O) groups is 2. The molecule has 0 amide bonds. The highest BCUT2D eigenvalue weighted by Crippen LogP contribution is 2.14. The van der Waals surface area contributed by atoms with Gasteiger partial charge in [0.1, 0.15) is 0 Å². The molecular weight excluding hydrogens is 424 g/mol. The molecule has 0 heterocycles. The van der Waals surface area contributed by atoms with E-state index in [9.17, 15) is 9.59 Å². The van der Waals surface area contributed by atoms with Gasteiger partial charge in [-0.3, -0.25) is 0 Å². The molecule has 4 nitrogen and oxygen atoms in total. The summed E-state index contributed by atoms with van der Waals surface area (Å²) < 4.78 is 0. The van der Waals surface area contributed by atoms with Gasteiger partial charge >= 0.3 is 11.9 Å². The van der Waals surface area contributed by atoms with Crippen LogP contribution in [0.25, 0.3) is 0 Å². The van der Waals surface area contributed by atoms with Gasteiger partial charge in [0.05, 0.1) is 12.8 Å². The van der Waals surface area contributed by atoms with Crippen LogP contribution in [0.15, 0.2) is 0 Å². The smallest absolute Gasteiger partial charge is 0.247 e.